The second-order valence-electron chi connectivity index (χ2n) is 6.78. The molecule has 1 aromatic heterocycles. The Balaban J connectivity index is 1.62. The summed E-state index contributed by atoms with van der Waals surface area (Å²) >= 11 is 0. The molecule has 1 N–H and O–H groups in total. The van der Waals surface area contributed by atoms with Crippen LogP contribution in [-0.2, 0) is 17.6 Å². The second-order valence-corrected chi connectivity index (χ2v) is 6.78. The molecule has 1 saturated heterocycles. The number of ether oxygens (including phenoxy) is 2. The SMILES string of the molecule is O=C1NCCc2nc(Cc3cc(F)cc(F)c3OC3CCOCC3)ccc21. The van der Waals surface area contributed by atoms with Crippen LogP contribution in [-0.4, -0.2) is 36.8 Å². The van der Waals surface area contributed by atoms with Crippen molar-refractivity contribution in [3.8, 4) is 5.75 Å². The molecule has 1 aromatic carbocycles. The minimum atomic E-state index is -0.714. The monoisotopic (exact) mass is 374 g/mol. The van der Waals surface area contributed by atoms with Crippen LogP contribution < -0.4 is 10.1 Å². The molecule has 1 amide bonds. The van der Waals surface area contributed by atoms with Gasteiger partial charge in [-0.3, -0.25) is 9.78 Å². The molecule has 5 nitrogen and oxygen atoms in total. The fraction of sp³-hybridized carbons (Fsp3) is 0.400. The predicted octanol–water partition coefficient (Wildman–Crippen LogP) is 2.79. The number of halogens is 2. The number of hydrogen-bond donors (Lipinski definition) is 1. The van der Waals surface area contributed by atoms with Gasteiger partial charge in [-0.1, -0.05) is 0 Å². The number of amides is 1. The van der Waals surface area contributed by atoms with Crippen LogP contribution in [0.2, 0.25) is 0 Å². The highest BCUT2D eigenvalue weighted by molar-refractivity contribution is 5.96. The molecule has 4 rings (SSSR count). The summed E-state index contributed by atoms with van der Waals surface area (Å²) in [5.41, 5.74) is 2.31. The lowest BCUT2D eigenvalue weighted by Gasteiger charge is -2.25. The van der Waals surface area contributed by atoms with E-state index in [-0.39, 0.29) is 24.2 Å². The molecule has 142 valence electrons. The molecular weight excluding hydrogens is 354 g/mol. The summed E-state index contributed by atoms with van der Waals surface area (Å²) < 4.78 is 39.4. The Hall–Kier alpha value is -2.54. The van der Waals surface area contributed by atoms with Gasteiger partial charge in [0.2, 0.25) is 0 Å². The maximum Gasteiger partial charge on any atom is 0.253 e. The first-order valence-electron chi connectivity index (χ1n) is 9.09. The third kappa shape index (κ3) is 3.93. The van der Waals surface area contributed by atoms with Crippen molar-refractivity contribution in [3.05, 3.63) is 58.4 Å². The van der Waals surface area contributed by atoms with E-state index in [1.165, 1.54) is 6.07 Å². The van der Waals surface area contributed by atoms with Gasteiger partial charge in [-0.15, -0.1) is 0 Å². The molecule has 1 fully saturated rings. The van der Waals surface area contributed by atoms with Crippen molar-refractivity contribution in [1.82, 2.24) is 10.3 Å². The van der Waals surface area contributed by atoms with Crippen LogP contribution in [0.1, 0.15) is 40.2 Å². The quantitative estimate of drug-likeness (QED) is 0.894. The van der Waals surface area contributed by atoms with Crippen molar-refractivity contribution < 1.29 is 23.0 Å². The number of nitrogens with one attached hydrogen (secondary N) is 1. The molecule has 2 aliphatic rings. The maximum atomic E-state index is 14.4. The van der Waals surface area contributed by atoms with Crippen LogP contribution in [0.15, 0.2) is 24.3 Å². The van der Waals surface area contributed by atoms with Gasteiger partial charge in [-0.05, 0) is 18.2 Å². The molecular formula is C20H20F2N2O3. The van der Waals surface area contributed by atoms with Crippen molar-refractivity contribution in [1.29, 1.82) is 0 Å². The number of nitrogens with zero attached hydrogens (tertiary/aromatic N) is 1. The smallest absolute Gasteiger partial charge is 0.253 e. The molecule has 0 atom stereocenters. The zero-order valence-electron chi connectivity index (χ0n) is 14.8. The number of fused-ring (bicyclic) bond motifs is 1. The highest BCUT2D eigenvalue weighted by atomic mass is 19.1. The summed E-state index contributed by atoms with van der Waals surface area (Å²) in [6, 6.07) is 5.54. The topological polar surface area (TPSA) is 60.5 Å². The molecule has 0 bridgehead atoms. The molecule has 0 saturated carbocycles. The van der Waals surface area contributed by atoms with E-state index in [9.17, 15) is 13.6 Å². The third-order valence-corrected chi connectivity index (χ3v) is 4.83. The summed E-state index contributed by atoms with van der Waals surface area (Å²) in [4.78, 5) is 16.4. The van der Waals surface area contributed by atoms with Gasteiger partial charge in [0, 0.05) is 49.6 Å². The number of benzene rings is 1. The minimum Gasteiger partial charge on any atom is -0.487 e. The molecule has 3 heterocycles. The van der Waals surface area contributed by atoms with E-state index >= 15 is 0 Å². The van der Waals surface area contributed by atoms with Crippen molar-refractivity contribution in [2.75, 3.05) is 19.8 Å². The Morgan fingerprint density at radius 2 is 2.04 bits per heavy atom. The largest absolute Gasteiger partial charge is 0.487 e. The molecule has 27 heavy (non-hydrogen) atoms. The summed E-state index contributed by atoms with van der Waals surface area (Å²) in [7, 11) is 0. The Morgan fingerprint density at radius 3 is 2.85 bits per heavy atom. The number of pyridine rings is 1. The van der Waals surface area contributed by atoms with Crippen LogP contribution >= 0.6 is 0 Å². The van der Waals surface area contributed by atoms with Gasteiger partial charge in [0.15, 0.2) is 11.6 Å². The van der Waals surface area contributed by atoms with Gasteiger partial charge in [0.1, 0.15) is 11.9 Å². The number of carbonyl (C=O) groups is 1. The third-order valence-electron chi connectivity index (χ3n) is 4.83. The van der Waals surface area contributed by atoms with Crippen LogP contribution in [0.3, 0.4) is 0 Å². The van der Waals surface area contributed by atoms with Gasteiger partial charge in [0.25, 0.3) is 5.91 Å². The van der Waals surface area contributed by atoms with E-state index in [1.807, 2.05) is 0 Å². The van der Waals surface area contributed by atoms with E-state index in [0.717, 1.165) is 6.07 Å². The van der Waals surface area contributed by atoms with Crippen LogP contribution in [0, 0.1) is 11.6 Å². The van der Waals surface area contributed by atoms with E-state index in [0.29, 0.717) is 61.5 Å². The minimum absolute atomic E-state index is 0.0700. The first-order valence-corrected chi connectivity index (χ1v) is 9.09. The molecule has 0 spiro atoms. The fourth-order valence-corrected chi connectivity index (χ4v) is 3.46. The molecule has 0 unspecified atom stereocenters. The normalized spacial score (nSPS) is 17.3. The highest BCUT2D eigenvalue weighted by Gasteiger charge is 2.22. The lowest BCUT2D eigenvalue weighted by atomic mass is 10.0. The molecule has 0 radical (unpaired) electrons. The number of aromatic nitrogens is 1. The van der Waals surface area contributed by atoms with E-state index < -0.39 is 11.6 Å². The molecule has 7 heteroatoms. The van der Waals surface area contributed by atoms with Gasteiger partial charge >= 0.3 is 0 Å². The van der Waals surface area contributed by atoms with Crippen molar-refractivity contribution >= 4 is 5.91 Å². The van der Waals surface area contributed by atoms with Crippen LogP contribution in [0.25, 0.3) is 0 Å². The highest BCUT2D eigenvalue weighted by Crippen LogP contribution is 2.29. The Kier molecular flexibility index (Phi) is 5.03. The summed E-state index contributed by atoms with van der Waals surface area (Å²) in [5, 5.41) is 2.77. The number of carbonyl (C=O) groups excluding carboxylic acids is 1. The Bertz CT molecular complexity index is 867. The van der Waals surface area contributed by atoms with Crippen molar-refractivity contribution in [3.63, 3.8) is 0 Å². The van der Waals surface area contributed by atoms with Gasteiger partial charge in [-0.2, -0.15) is 0 Å². The van der Waals surface area contributed by atoms with Crippen LogP contribution in [0.4, 0.5) is 8.78 Å². The fourth-order valence-electron chi connectivity index (χ4n) is 3.46. The van der Waals surface area contributed by atoms with E-state index in [1.54, 1.807) is 12.1 Å². The summed E-state index contributed by atoms with van der Waals surface area (Å²) in [6.45, 7) is 1.67. The van der Waals surface area contributed by atoms with Crippen LogP contribution in [0.5, 0.6) is 5.75 Å². The van der Waals surface area contributed by atoms with Gasteiger partial charge < -0.3 is 14.8 Å². The molecule has 2 aromatic rings. The maximum absolute atomic E-state index is 14.4. The Labute approximate surface area is 155 Å². The first kappa shape index (κ1) is 17.9. The van der Waals surface area contributed by atoms with Gasteiger partial charge in [-0.25, -0.2) is 8.78 Å². The average molecular weight is 374 g/mol. The lowest BCUT2D eigenvalue weighted by molar-refractivity contribution is 0.0236. The summed E-state index contributed by atoms with van der Waals surface area (Å²) in [6.07, 6.45) is 2.04. The van der Waals surface area contributed by atoms with Crippen molar-refractivity contribution in [2.24, 2.45) is 0 Å². The lowest BCUT2D eigenvalue weighted by Crippen LogP contribution is -2.32. The Morgan fingerprint density at radius 1 is 1.22 bits per heavy atom. The average Bonchev–Trinajstić information content (AvgIpc) is 2.65. The molecule has 2 aliphatic heterocycles. The number of rotatable bonds is 4. The van der Waals surface area contributed by atoms with Gasteiger partial charge in [0.05, 0.1) is 24.5 Å². The standard InChI is InChI=1S/C20H20F2N2O3/c21-13-9-12(19(17(22)11-13)27-15-4-7-26-8-5-15)10-14-1-2-16-18(24-14)3-6-23-20(16)25/h1-2,9,11,15H,3-8,10H2,(H,23,25). The summed E-state index contributed by atoms with van der Waals surface area (Å²) in [5.74, 6) is -1.44. The molecule has 0 aliphatic carbocycles. The zero-order valence-corrected chi connectivity index (χ0v) is 14.8. The number of hydrogen-bond acceptors (Lipinski definition) is 4. The van der Waals surface area contributed by atoms with Crippen molar-refractivity contribution in [2.45, 2.75) is 31.8 Å². The van der Waals surface area contributed by atoms with E-state index in [4.69, 9.17) is 9.47 Å². The second kappa shape index (κ2) is 7.60. The van der Waals surface area contributed by atoms with E-state index in [2.05, 4.69) is 10.3 Å². The predicted molar refractivity (Wildman–Crippen MR) is 93.9 cm³/mol. The zero-order chi connectivity index (χ0) is 18.8. The first-order chi connectivity index (χ1) is 13.1.